The summed E-state index contributed by atoms with van der Waals surface area (Å²) in [6.07, 6.45) is 10.9. The first-order valence-electron chi connectivity index (χ1n) is 13.9. The normalized spacial score (nSPS) is 16.0. The van der Waals surface area contributed by atoms with Gasteiger partial charge < -0.3 is 30.8 Å². The summed E-state index contributed by atoms with van der Waals surface area (Å²) in [6.45, 7) is 1.92. The molecule has 41 heavy (non-hydrogen) atoms. The average Bonchev–Trinajstić information content (AvgIpc) is 3.71. The van der Waals surface area contributed by atoms with E-state index >= 15 is 0 Å². The lowest BCUT2D eigenvalue weighted by atomic mass is 10.1. The highest BCUT2D eigenvalue weighted by molar-refractivity contribution is 6.05. The predicted molar refractivity (Wildman–Crippen MR) is 159 cm³/mol. The zero-order valence-electron chi connectivity index (χ0n) is 22.9. The van der Waals surface area contributed by atoms with Crippen molar-refractivity contribution >= 4 is 29.3 Å². The Morgan fingerprint density at radius 1 is 1.17 bits per heavy atom. The van der Waals surface area contributed by atoms with Crippen LogP contribution in [0.5, 0.6) is 5.75 Å². The Labute approximate surface area is 238 Å². The van der Waals surface area contributed by atoms with Crippen LogP contribution in [0.3, 0.4) is 0 Å². The van der Waals surface area contributed by atoms with Crippen molar-refractivity contribution in [2.75, 3.05) is 36.2 Å². The number of aromatic nitrogens is 3. The van der Waals surface area contributed by atoms with Gasteiger partial charge in [-0.3, -0.25) is 4.79 Å². The molecule has 0 saturated carbocycles. The SMILES string of the molecule is CNc1ccc(C(=O)Nc2cccc(CNc3ncc(-c4cnn(C5CCCCO5)c4)c4c3CCO4)c2)cc1C=N. The van der Waals surface area contributed by atoms with Crippen LogP contribution in [-0.4, -0.2) is 47.1 Å². The van der Waals surface area contributed by atoms with E-state index in [2.05, 4.69) is 21.0 Å². The van der Waals surface area contributed by atoms with Crippen LogP contribution in [0.4, 0.5) is 17.2 Å². The number of pyridine rings is 1. The molecule has 1 atom stereocenters. The molecule has 1 fully saturated rings. The fourth-order valence-electron chi connectivity index (χ4n) is 5.31. The van der Waals surface area contributed by atoms with Gasteiger partial charge >= 0.3 is 0 Å². The monoisotopic (exact) mass is 551 g/mol. The van der Waals surface area contributed by atoms with Gasteiger partial charge in [0.1, 0.15) is 17.8 Å². The molecule has 210 valence electrons. The molecule has 10 nitrogen and oxygen atoms in total. The number of anilines is 3. The molecule has 6 rings (SSSR count). The summed E-state index contributed by atoms with van der Waals surface area (Å²) in [5, 5.41) is 21.6. The van der Waals surface area contributed by atoms with Gasteiger partial charge in [0.25, 0.3) is 5.91 Å². The second kappa shape index (κ2) is 11.8. The Morgan fingerprint density at radius 2 is 2.10 bits per heavy atom. The lowest BCUT2D eigenvalue weighted by Crippen LogP contribution is -2.18. The van der Waals surface area contributed by atoms with Crippen LogP contribution in [0.1, 0.15) is 52.5 Å². The second-order valence-corrected chi connectivity index (χ2v) is 10.2. The highest BCUT2D eigenvalue weighted by Gasteiger charge is 2.24. The van der Waals surface area contributed by atoms with Crippen molar-refractivity contribution in [3.63, 3.8) is 0 Å². The first-order valence-corrected chi connectivity index (χ1v) is 13.9. The molecule has 1 unspecified atom stereocenters. The van der Waals surface area contributed by atoms with Gasteiger partial charge in [-0.25, -0.2) is 9.67 Å². The maximum absolute atomic E-state index is 12.9. The molecule has 0 aliphatic carbocycles. The molecule has 2 aromatic heterocycles. The number of fused-ring (bicyclic) bond motifs is 1. The summed E-state index contributed by atoms with van der Waals surface area (Å²) in [4.78, 5) is 17.6. The summed E-state index contributed by atoms with van der Waals surface area (Å²) in [7, 11) is 1.79. The molecular weight excluding hydrogens is 518 g/mol. The maximum Gasteiger partial charge on any atom is 0.255 e. The minimum absolute atomic E-state index is 0.0148. The van der Waals surface area contributed by atoms with E-state index in [9.17, 15) is 4.79 Å². The van der Waals surface area contributed by atoms with Crippen molar-refractivity contribution in [1.82, 2.24) is 14.8 Å². The summed E-state index contributed by atoms with van der Waals surface area (Å²) in [5.74, 6) is 1.41. The van der Waals surface area contributed by atoms with E-state index in [-0.39, 0.29) is 12.1 Å². The number of ether oxygens (including phenoxy) is 2. The number of amides is 1. The zero-order valence-corrected chi connectivity index (χ0v) is 22.9. The molecule has 2 aliphatic heterocycles. The van der Waals surface area contributed by atoms with Gasteiger partial charge in [0, 0.05) is 84.4 Å². The molecule has 0 spiro atoms. The molecule has 0 bridgehead atoms. The predicted octanol–water partition coefficient (Wildman–Crippen LogP) is 5.48. The van der Waals surface area contributed by atoms with Crippen molar-refractivity contribution in [3.05, 3.63) is 83.3 Å². The van der Waals surface area contributed by atoms with E-state index in [1.165, 1.54) is 6.21 Å². The van der Waals surface area contributed by atoms with Crippen LogP contribution in [-0.2, 0) is 17.7 Å². The fraction of sp³-hybridized carbons (Fsp3) is 0.290. The number of hydrogen-bond acceptors (Lipinski definition) is 8. The fourth-order valence-corrected chi connectivity index (χ4v) is 5.31. The van der Waals surface area contributed by atoms with Gasteiger partial charge in [0.2, 0.25) is 0 Å². The quantitative estimate of drug-likeness (QED) is 0.203. The second-order valence-electron chi connectivity index (χ2n) is 10.2. The Kier molecular flexibility index (Phi) is 7.64. The Bertz CT molecular complexity index is 1580. The number of carbonyl (C=O) groups excluding carboxylic acids is 1. The van der Waals surface area contributed by atoms with Gasteiger partial charge in [-0.2, -0.15) is 5.10 Å². The molecule has 0 radical (unpaired) electrons. The minimum Gasteiger partial charge on any atom is -0.492 e. The lowest BCUT2D eigenvalue weighted by Gasteiger charge is -2.22. The van der Waals surface area contributed by atoms with E-state index < -0.39 is 0 Å². The summed E-state index contributed by atoms with van der Waals surface area (Å²) < 4.78 is 13.8. The average molecular weight is 552 g/mol. The van der Waals surface area contributed by atoms with Crippen LogP contribution < -0.4 is 20.7 Å². The van der Waals surface area contributed by atoms with Crippen LogP contribution in [0.15, 0.2) is 61.1 Å². The third kappa shape index (κ3) is 5.64. The summed E-state index contributed by atoms with van der Waals surface area (Å²) >= 11 is 0. The van der Waals surface area contributed by atoms with Crippen molar-refractivity contribution in [2.45, 2.75) is 38.5 Å². The minimum atomic E-state index is -0.230. The Hall–Kier alpha value is -4.70. The smallest absolute Gasteiger partial charge is 0.255 e. The Morgan fingerprint density at radius 3 is 2.93 bits per heavy atom. The van der Waals surface area contributed by atoms with E-state index in [0.29, 0.717) is 30.0 Å². The third-order valence-electron chi connectivity index (χ3n) is 7.47. The number of hydrogen-bond donors (Lipinski definition) is 4. The van der Waals surface area contributed by atoms with Crippen molar-refractivity contribution < 1.29 is 14.3 Å². The van der Waals surface area contributed by atoms with E-state index in [4.69, 9.17) is 19.9 Å². The number of carbonyl (C=O) groups is 1. The molecule has 4 aromatic rings. The van der Waals surface area contributed by atoms with E-state index in [1.54, 1.807) is 25.2 Å². The molecule has 10 heteroatoms. The van der Waals surface area contributed by atoms with Crippen LogP contribution in [0.2, 0.25) is 0 Å². The number of nitrogens with one attached hydrogen (secondary N) is 4. The summed E-state index contributed by atoms with van der Waals surface area (Å²) in [5.41, 5.74) is 6.59. The standard InChI is InChI=1S/C31H33N7O3/c1-33-27-9-8-21(14-22(27)15-32)31(39)37-24-6-4-5-20(13-24)16-34-30-25-10-12-41-29(25)26(18-35-30)23-17-36-38(19-23)28-7-2-3-11-40-28/h4-6,8-9,13-15,17-19,28,32-33H,2-3,7,10-12,16H2,1H3,(H,34,35)(H,37,39). The molecular formula is C31H33N7O3. The Balaban J connectivity index is 1.14. The van der Waals surface area contributed by atoms with E-state index in [1.807, 2.05) is 47.5 Å². The van der Waals surface area contributed by atoms with Crippen LogP contribution in [0.25, 0.3) is 11.1 Å². The van der Waals surface area contributed by atoms with Gasteiger partial charge in [0.05, 0.1) is 12.8 Å². The largest absolute Gasteiger partial charge is 0.492 e. The maximum atomic E-state index is 12.9. The first-order chi connectivity index (χ1) is 20.1. The van der Waals surface area contributed by atoms with Crippen molar-refractivity contribution in [2.24, 2.45) is 0 Å². The highest BCUT2D eigenvalue weighted by atomic mass is 16.5. The lowest BCUT2D eigenvalue weighted by molar-refractivity contribution is -0.0394. The molecule has 4 heterocycles. The van der Waals surface area contributed by atoms with Crippen LogP contribution >= 0.6 is 0 Å². The zero-order chi connectivity index (χ0) is 28.2. The van der Waals surface area contributed by atoms with E-state index in [0.717, 1.165) is 71.8 Å². The first kappa shape index (κ1) is 26.5. The topological polar surface area (TPSA) is 126 Å². The van der Waals surface area contributed by atoms with Crippen LogP contribution in [0, 0.1) is 5.41 Å². The van der Waals surface area contributed by atoms with Gasteiger partial charge in [-0.05, 0) is 55.2 Å². The molecule has 1 amide bonds. The summed E-state index contributed by atoms with van der Waals surface area (Å²) in [6, 6.07) is 13.0. The number of nitrogens with zero attached hydrogens (tertiary/aromatic N) is 3. The van der Waals surface area contributed by atoms with Crippen molar-refractivity contribution in [3.8, 4) is 16.9 Å². The van der Waals surface area contributed by atoms with Gasteiger partial charge in [-0.1, -0.05) is 12.1 Å². The highest BCUT2D eigenvalue weighted by Crippen LogP contribution is 2.40. The molecule has 2 aromatic carbocycles. The third-order valence-corrected chi connectivity index (χ3v) is 7.47. The van der Waals surface area contributed by atoms with Gasteiger partial charge in [-0.15, -0.1) is 0 Å². The van der Waals surface area contributed by atoms with Gasteiger partial charge in [0.15, 0.2) is 0 Å². The molecule has 4 N–H and O–H groups in total. The molecule has 2 aliphatic rings. The number of benzene rings is 2. The molecule has 1 saturated heterocycles. The number of rotatable bonds is 9. The van der Waals surface area contributed by atoms with Crippen molar-refractivity contribution in [1.29, 1.82) is 5.41 Å².